The van der Waals surface area contributed by atoms with Gasteiger partial charge in [-0.15, -0.1) is 0 Å². The van der Waals surface area contributed by atoms with E-state index in [1.54, 1.807) is 11.8 Å². The molecule has 2 aromatic carbocycles. The first-order valence-electron chi connectivity index (χ1n) is 11.4. The number of carbonyl (C=O) groups excluding carboxylic acids is 1. The summed E-state index contributed by atoms with van der Waals surface area (Å²) in [6.45, 7) is 3.90. The van der Waals surface area contributed by atoms with Crippen LogP contribution in [0.1, 0.15) is 15.9 Å². The maximum absolute atomic E-state index is 13.6. The molecule has 1 aliphatic rings. The third-order valence-corrected chi connectivity index (χ3v) is 6.14. The Labute approximate surface area is 199 Å². The molecule has 0 bridgehead atoms. The molecule has 7 nitrogen and oxygen atoms in total. The summed E-state index contributed by atoms with van der Waals surface area (Å²) in [5.74, 6) is 0.779. The molecule has 1 aliphatic heterocycles. The highest BCUT2D eigenvalue weighted by molar-refractivity contribution is 6.00. The Balaban J connectivity index is 1.38. The Hall–Kier alpha value is -3.97. The molecule has 0 radical (unpaired) electrons. The Bertz CT molecular complexity index is 1230. The summed E-state index contributed by atoms with van der Waals surface area (Å²) in [7, 11) is 1.64. The van der Waals surface area contributed by atoms with E-state index in [1.165, 1.54) is 5.56 Å². The molecule has 1 fully saturated rings. The first-order chi connectivity index (χ1) is 16.7. The standard InChI is InChI=1S/C27H27N5O2/c1-34-24-9-7-22(8-10-24)26-25(20-32(29-26)23-5-3-2-4-6-23)27(33)31-17-15-30(16-18-31)19-21-11-13-28-14-12-21/h2-14,20H,15-19H2,1H3. The number of rotatable bonds is 6. The fourth-order valence-corrected chi connectivity index (χ4v) is 4.23. The van der Waals surface area contributed by atoms with Gasteiger partial charge in [-0.05, 0) is 54.1 Å². The van der Waals surface area contributed by atoms with Gasteiger partial charge in [0.15, 0.2) is 0 Å². The molecule has 0 saturated carbocycles. The zero-order valence-corrected chi connectivity index (χ0v) is 19.2. The van der Waals surface area contributed by atoms with Gasteiger partial charge in [-0.2, -0.15) is 5.10 Å². The van der Waals surface area contributed by atoms with Crippen LogP contribution in [0.25, 0.3) is 16.9 Å². The van der Waals surface area contributed by atoms with Crippen molar-refractivity contribution >= 4 is 5.91 Å². The lowest BCUT2D eigenvalue weighted by Gasteiger charge is -2.34. The van der Waals surface area contributed by atoms with Crippen LogP contribution in [0.2, 0.25) is 0 Å². The molecular weight excluding hydrogens is 426 g/mol. The van der Waals surface area contributed by atoms with Crippen LogP contribution < -0.4 is 4.74 Å². The lowest BCUT2D eigenvalue weighted by Crippen LogP contribution is -2.48. The number of hydrogen-bond donors (Lipinski definition) is 0. The molecule has 1 amide bonds. The van der Waals surface area contributed by atoms with Crippen molar-refractivity contribution < 1.29 is 9.53 Å². The molecule has 1 saturated heterocycles. The van der Waals surface area contributed by atoms with Crippen molar-refractivity contribution in [1.82, 2.24) is 24.6 Å². The summed E-state index contributed by atoms with van der Waals surface area (Å²) >= 11 is 0. The molecular formula is C27H27N5O2. The smallest absolute Gasteiger partial charge is 0.257 e. The number of pyridine rings is 1. The third kappa shape index (κ3) is 4.70. The molecule has 5 rings (SSSR count). The zero-order chi connectivity index (χ0) is 23.3. The quantitative estimate of drug-likeness (QED) is 0.443. The van der Waals surface area contributed by atoms with Crippen molar-refractivity contribution in [2.75, 3.05) is 33.3 Å². The van der Waals surface area contributed by atoms with Gasteiger partial charge in [-0.1, -0.05) is 18.2 Å². The topological polar surface area (TPSA) is 63.5 Å². The lowest BCUT2D eigenvalue weighted by atomic mass is 10.1. The number of benzene rings is 2. The maximum atomic E-state index is 13.6. The van der Waals surface area contributed by atoms with E-state index in [0.717, 1.165) is 36.6 Å². The third-order valence-electron chi connectivity index (χ3n) is 6.14. The van der Waals surface area contributed by atoms with Gasteiger partial charge in [-0.25, -0.2) is 4.68 Å². The molecule has 4 aromatic rings. The molecule has 0 N–H and O–H groups in total. The van der Waals surface area contributed by atoms with Crippen LogP contribution in [0.5, 0.6) is 5.75 Å². The van der Waals surface area contributed by atoms with Crippen LogP contribution in [-0.2, 0) is 6.54 Å². The van der Waals surface area contributed by atoms with Gasteiger partial charge in [0.25, 0.3) is 5.91 Å². The van der Waals surface area contributed by atoms with E-state index in [1.807, 2.05) is 90.2 Å². The van der Waals surface area contributed by atoms with Gasteiger partial charge >= 0.3 is 0 Å². The number of nitrogens with zero attached hydrogens (tertiary/aromatic N) is 5. The number of aromatic nitrogens is 3. The minimum absolute atomic E-state index is 0.0107. The summed E-state index contributed by atoms with van der Waals surface area (Å²) in [6, 6.07) is 21.6. The number of para-hydroxylation sites is 1. The average Bonchev–Trinajstić information content (AvgIpc) is 3.35. The lowest BCUT2D eigenvalue weighted by molar-refractivity contribution is 0.0629. The van der Waals surface area contributed by atoms with Crippen molar-refractivity contribution in [2.45, 2.75) is 6.54 Å². The highest BCUT2D eigenvalue weighted by atomic mass is 16.5. The van der Waals surface area contributed by atoms with Crippen LogP contribution in [0.15, 0.2) is 85.3 Å². The van der Waals surface area contributed by atoms with Gasteiger partial charge in [0.05, 0.1) is 18.4 Å². The molecule has 2 aromatic heterocycles. The normalized spacial score (nSPS) is 14.2. The minimum Gasteiger partial charge on any atom is -0.497 e. The molecule has 0 atom stereocenters. The summed E-state index contributed by atoms with van der Waals surface area (Å²) < 4.78 is 7.08. The Morgan fingerprint density at radius 3 is 2.29 bits per heavy atom. The van der Waals surface area contributed by atoms with E-state index in [0.29, 0.717) is 24.3 Å². The minimum atomic E-state index is 0.0107. The molecule has 34 heavy (non-hydrogen) atoms. The fourth-order valence-electron chi connectivity index (χ4n) is 4.23. The van der Waals surface area contributed by atoms with E-state index in [9.17, 15) is 4.79 Å². The second-order valence-electron chi connectivity index (χ2n) is 8.32. The van der Waals surface area contributed by atoms with Gasteiger partial charge in [-0.3, -0.25) is 14.7 Å². The summed E-state index contributed by atoms with van der Waals surface area (Å²) in [5, 5.41) is 4.80. The predicted molar refractivity (Wildman–Crippen MR) is 131 cm³/mol. The number of methoxy groups -OCH3 is 1. The number of piperazine rings is 1. The van der Waals surface area contributed by atoms with Gasteiger partial charge in [0.2, 0.25) is 0 Å². The Morgan fingerprint density at radius 1 is 0.912 bits per heavy atom. The highest BCUT2D eigenvalue weighted by Gasteiger charge is 2.26. The van der Waals surface area contributed by atoms with Crippen LogP contribution in [0, 0.1) is 0 Å². The number of carbonyl (C=O) groups is 1. The van der Waals surface area contributed by atoms with Crippen molar-refractivity contribution in [3.8, 4) is 22.7 Å². The molecule has 7 heteroatoms. The van der Waals surface area contributed by atoms with Crippen molar-refractivity contribution in [3.63, 3.8) is 0 Å². The van der Waals surface area contributed by atoms with Crippen LogP contribution in [-0.4, -0.2) is 63.8 Å². The molecule has 172 valence electrons. The second-order valence-corrected chi connectivity index (χ2v) is 8.32. The first kappa shape index (κ1) is 21.9. The van der Waals surface area contributed by atoms with E-state index in [2.05, 4.69) is 9.88 Å². The average molecular weight is 454 g/mol. The van der Waals surface area contributed by atoms with Crippen molar-refractivity contribution in [2.24, 2.45) is 0 Å². The molecule has 0 spiro atoms. The number of hydrogen-bond acceptors (Lipinski definition) is 5. The van der Waals surface area contributed by atoms with E-state index >= 15 is 0 Å². The first-order valence-corrected chi connectivity index (χ1v) is 11.4. The fraction of sp³-hybridized carbons (Fsp3) is 0.222. The zero-order valence-electron chi connectivity index (χ0n) is 19.2. The Kier molecular flexibility index (Phi) is 6.35. The van der Waals surface area contributed by atoms with Crippen molar-refractivity contribution in [3.05, 3.63) is 96.4 Å². The molecule has 3 heterocycles. The largest absolute Gasteiger partial charge is 0.497 e. The molecule has 0 unspecified atom stereocenters. The summed E-state index contributed by atoms with van der Waals surface area (Å²) in [4.78, 5) is 22.0. The van der Waals surface area contributed by atoms with Crippen LogP contribution in [0.4, 0.5) is 0 Å². The number of ether oxygens (including phenoxy) is 1. The van der Waals surface area contributed by atoms with E-state index < -0.39 is 0 Å². The summed E-state index contributed by atoms with van der Waals surface area (Å²) in [6.07, 6.45) is 5.49. The van der Waals surface area contributed by atoms with Gasteiger partial charge in [0.1, 0.15) is 11.4 Å². The monoisotopic (exact) mass is 453 g/mol. The van der Waals surface area contributed by atoms with Gasteiger partial charge in [0, 0.05) is 56.9 Å². The van der Waals surface area contributed by atoms with Gasteiger partial charge < -0.3 is 9.64 Å². The Morgan fingerprint density at radius 2 is 1.62 bits per heavy atom. The van der Waals surface area contributed by atoms with Crippen LogP contribution in [0.3, 0.4) is 0 Å². The van der Waals surface area contributed by atoms with Crippen molar-refractivity contribution in [1.29, 1.82) is 0 Å². The second kappa shape index (κ2) is 9.89. The summed E-state index contributed by atoms with van der Waals surface area (Å²) in [5.41, 5.74) is 4.32. The highest BCUT2D eigenvalue weighted by Crippen LogP contribution is 2.27. The van der Waals surface area contributed by atoms with E-state index in [-0.39, 0.29) is 5.91 Å². The van der Waals surface area contributed by atoms with Crippen LogP contribution >= 0.6 is 0 Å². The number of amides is 1. The maximum Gasteiger partial charge on any atom is 0.257 e. The molecule has 0 aliphatic carbocycles. The van der Waals surface area contributed by atoms with E-state index in [4.69, 9.17) is 9.84 Å². The predicted octanol–water partition coefficient (Wildman–Crippen LogP) is 3.90. The SMILES string of the molecule is COc1ccc(-c2nn(-c3ccccc3)cc2C(=O)N2CCN(Cc3ccncc3)CC2)cc1.